The predicted octanol–water partition coefficient (Wildman–Crippen LogP) is 6.13. The van der Waals surface area contributed by atoms with Crippen molar-refractivity contribution in [3.63, 3.8) is 0 Å². The molecule has 5 rings (SSSR count). The monoisotopic (exact) mass is 391 g/mol. The highest BCUT2D eigenvalue weighted by Crippen LogP contribution is 2.66. The van der Waals surface area contributed by atoms with Crippen LogP contribution in [0.25, 0.3) is 5.57 Å². The van der Waals surface area contributed by atoms with Crippen LogP contribution in [0.1, 0.15) is 70.8 Å². The van der Waals surface area contributed by atoms with Crippen molar-refractivity contribution in [2.24, 2.45) is 34.5 Å². The molecule has 0 radical (unpaired) electrons. The molecule has 154 valence electrons. The second kappa shape index (κ2) is 6.82. The maximum Gasteiger partial charge on any atom is 0.303 e. The quantitative estimate of drug-likeness (QED) is 0.631. The number of carbonyl (C=O) groups is 1. The molecule has 0 saturated heterocycles. The number of rotatable bonds is 3. The number of allylic oxidation sites excluding steroid dienone is 4. The molecule has 0 bridgehead atoms. The minimum Gasteiger partial charge on any atom is -0.481 e. The van der Waals surface area contributed by atoms with Gasteiger partial charge in [-0.05, 0) is 96.7 Å². The lowest BCUT2D eigenvalue weighted by molar-refractivity contribution is -0.138. The van der Waals surface area contributed by atoms with E-state index >= 15 is 0 Å². The van der Waals surface area contributed by atoms with Gasteiger partial charge in [0.05, 0.1) is 0 Å². The Morgan fingerprint density at radius 2 is 1.97 bits per heavy atom. The summed E-state index contributed by atoms with van der Waals surface area (Å²) in [5.74, 6) is 1.93. The summed E-state index contributed by atoms with van der Waals surface area (Å²) < 4.78 is 0. The Morgan fingerprint density at radius 1 is 1.14 bits per heavy atom. The Labute approximate surface area is 174 Å². The van der Waals surface area contributed by atoms with Gasteiger partial charge in [0.2, 0.25) is 0 Å². The van der Waals surface area contributed by atoms with Crippen molar-refractivity contribution in [2.45, 2.75) is 65.2 Å². The fraction of sp³-hybridized carbons (Fsp3) is 0.615. The van der Waals surface area contributed by atoms with Crippen molar-refractivity contribution >= 4 is 11.5 Å². The first-order valence-corrected chi connectivity index (χ1v) is 11.4. The van der Waals surface area contributed by atoms with E-state index in [0.717, 1.165) is 30.6 Å². The van der Waals surface area contributed by atoms with Gasteiger partial charge in [-0.15, -0.1) is 0 Å². The second-order valence-corrected chi connectivity index (χ2v) is 10.5. The number of carboxylic acid groups (broad SMARTS) is 1. The molecule has 0 aliphatic heterocycles. The van der Waals surface area contributed by atoms with Gasteiger partial charge in [0.25, 0.3) is 0 Å². The van der Waals surface area contributed by atoms with Crippen molar-refractivity contribution in [3.8, 4) is 0 Å². The zero-order chi connectivity index (χ0) is 20.2. The van der Waals surface area contributed by atoms with Crippen LogP contribution in [0.2, 0.25) is 0 Å². The standard InChI is InChI=1S/C26H33NO2/c1-25-11-9-17(15-24(28)29)14-19(25)5-6-20-22-8-7-21(18-4-3-13-27-16-18)26(22,2)12-10-23(20)25/h3-5,7,13,16-17,20,22-23H,6,8-12,14-15H2,1-2H3,(H,28,29)/t17?,20-,22-,23-,25-,26+/m0/s1. The molecule has 3 nitrogen and oxygen atoms in total. The molecule has 4 aliphatic rings. The van der Waals surface area contributed by atoms with Gasteiger partial charge in [-0.3, -0.25) is 9.78 Å². The van der Waals surface area contributed by atoms with E-state index in [-0.39, 0.29) is 10.8 Å². The van der Waals surface area contributed by atoms with Gasteiger partial charge in [-0.1, -0.05) is 37.6 Å². The zero-order valence-corrected chi connectivity index (χ0v) is 17.7. The Morgan fingerprint density at radius 3 is 2.72 bits per heavy atom. The molecule has 1 heterocycles. The Bertz CT molecular complexity index is 872. The summed E-state index contributed by atoms with van der Waals surface area (Å²) in [6.07, 6.45) is 17.5. The van der Waals surface area contributed by atoms with Crippen molar-refractivity contribution in [1.82, 2.24) is 4.98 Å². The molecule has 2 fully saturated rings. The third kappa shape index (κ3) is 2.92. The van der Waals surface area contributed by atoms with Crippen LogP contribution in [0.5, 0.6) is 0 Å². The zero-order valence-electron chi connectivity index (χ0n) is 17.7. The van der Waals surface area contributed by atoms with Gasteiger partial charge >= 0.3 is 5.97 Å². The van der Waals surface area contributed by atoms with Crippen LogP contribution >= 0.6 is 0 Å². The lowest BCUT2D eigenvalue weighted by atomic mass is 9.47. The number of aliphatic carboxylic acids is 1. The summed E-state index contributed by atoms with van der Waals surface area (Å²) in [6.45, 7) is 5.00. The van der Waals surface area contributed by atoms with Gasteiger partial charge in [0.1, 0.15) is 0 Å². The Kier molecular flexibility index (Phi) is 4.49. The minimum absolute atomic E-state index is 0.270. The number of hydrogen-bond donors (Lipinski definition) is 1. The first kappa shape index (κ1) is 19.1. The largest absolute Gasteiger partial charge is 0.481 e. The van der Waals surface area contributed by atoms with Crippen molar-refractivity contribution in [3.05, 3.63) is 47.8 Å². The van der Waals surface area contributed by atoms with Crippen molar-refractivity contribution < 1.29 is 9.90 Å². The van der Waals surface area contributed by atoms with E-state index in [1.54, 1.807) is 5.57 Å². The van der Waals surface area contributed by atoms with Crippen molar-refractivity contribution in [1.29, 1.82) is 0 Å². The van der Waals surface area contributed by atoms with Crippen LogP contribution in [0, 0.1) is 34.5 Å². The summed E-state index contributed by atoms with van der Waals surface area (Å²) in [5, 5.41) is 9.23. The molecule has 1 N–H and O–H groups in total. The van der Waals surface area contributed by atoms with E-state index in [1.165, 1.54) is 43.2 Å². The SMILES string of the molecule is C[C@]12CCC(CC(=O)O)CC1=CC[C@@H]1[C@@H]2CC[C@]2(C)C(c3cccnc3)=CC[C@@H]12. The summed E-state index contributed by atoms with van der Waals surface area (Å²) in [5.41, 5.74) is 4.98. The van der Waals surface area contributed by atoms with Crippen LogP contribution < -0.4 is 0 Å². The van der Waals surface area contributed by atoms with Gasteiger partial charge in [0, 0.05) is 18.8 Å². The van der Waals surface area contributed by atoms with Crippen molar-refractivity contribution in [2.75, 3.05) is 0 Å². The number of nitrogens with zero attached hydrogens (tertiary/aromatic N) is 1. The normalized spacial score (nSPS) is 40.9. The molecule has 0 aromatic carbocycles. The third-order valence-corrected chi connectivity index (χ3v) is 9.22. The van der Waals surface area contributed by atoms with Crippen LogP contribution in [-0.4, -0.2) is 16.1 Å². The molecule has 4 aliphatic carbocycles. The van der Waals surface area contributed by atoms with E-state index in [2.05, 4.69) is 43.1 Å². The molecule has 1 aromatic heterocycles. The molecule has 6 atom stereocenters. The van der Waals surface area contributed by atoms with E-state index < -0.39 is 5.97 Å². The summed E-state index contributed by atoms with van der Waals surface area (Å²) in [7, 11) is 0. The molecule has 1 aromatic rings. The minimum atomic E-state index is -0.638. The average Bonchev–Trinajstić information content (AvgIpc) is 3.06. The number of aromatic nitrogens is 1. The molecule has 2 saturated carbocycles. The van der Waals surface area contributed by atoms with Crippen LogP contribution in [0.3, 0.4) is 0 Å². The number of fused-ring (bicyclic) bond motifs is 5. The molecular formula is C26H33NO2. The fourth-order valence-electron chi connectivity index (χ4n) is 7.69. The van der Waals surface area contributed by atoms with Crippen LogP contribution in [-0.2, 0) is 4.79 Å². The maximum absolute atomic E-state index is 11.2. The van der Waals surface area contributed by atoms with Gasteiger partial charge in [-0.25, -0.2) is 0 Å². The predicted molar refractivity (Wildman–Crippen MR) is 115 cm³/mol. The molecule has 29 heavy (non-hydrogen) atoms. The lowest BCUT2D eigenvalue weighted by Crippen LogP contribution is -2.49. The van der Waals surface area contributed by atoms with E-state index in [0.29, 0.717) is 12.3 Å². The van der Waals surface area contributed by atoms with Crippen LogP contribution in [0.4, 0.5) is 0 Å². The summed E-state index contributed by atoms with van der Waals surface area (Å²) in [6, 6.07) is 4.28. The molecule has 1 unspecified atom stereocenters. The highest BCUT2D eigenvalue weighted by Gasteiger charge is 2.56. The van der Waals surface area contributed by atoms with Crippen LogP contribution in [0.15, 0.2) is 42.3 Å². The van der Waals surface area contributed by atoms with E-state index in [1.807, 2.05) is 12.4 Å². The number of carboxylic acids is 1. The first-order chi connectivity index (χ1) is 13.9. The highest BCUT2D eigenvalue weighted by molar-refractivity contribution is 5.72. The van der Waals surface area contributed by atoms with Gasteiger partial charge in [-0.2, -0.15) is 0 Å². The average molecular weight is 392 g/mol. The van der Waals surface area contributed by atoms with E-state index in [9.17, 15) is 9.90 Å². The lowest BCUT2D eigenvalue weighted by Gasteiger charge is -2.58. The number of pyridine rings is 1. The Balaban J connectivity index is 1.41. The number of hydrogen-bond acceptors (Lipinski definition) is 2. The molecular weight excluding hydrogens is 358 g/mol. The van der Waals surface area contributed by atoms with E-state index in [4.69, 9.17) is 0 Å². The maximum atomic E-state index is 11.2. The third-order valence-electron chi connectivity index (χ3n) is 9.22. The molecule has 0 amide bonds. The first-order valence-electron chi connectivity index (χ1n) is 11.4. The van der Waals surface area contributed by atoms with Gasteiger partial charge < -0.3 is 5.11 Å². The summed E-state index contributed by atoms with van der Waals surface area (Å²) in [4.78, 5) is 15.6. The topological polar surface area (TPSA) is 50.2 Å². The smallest absolute Gasteiger partial charge is 0.303 e. The molecule has 0 spiro atoms. The summed E-state index contributed by atoms with van der Waals surface area (Å²) >= 11 is 0. The highest BCUT2D eigenvalue weighted by atomic mass is 16.4. The fourth-order valence-corrected chi connectivity index (χ4v) is 7.69. The second-order valence-electron chi connectivity index (χ2n) is 10.5. The Hall–Kier alpha value is -1.90. The van der Waals surface area contributed by atoms with Gasteiger partial charge in [0.15, 0.2) is 0 Å². The molecule has 3 heteroatoms.